The Balaban J connectivity index is 2.04. The Hall–Kier alpha value is -0.0800. The summed E-state index contributed by atoms with van der Waals surface area (Å²) in [5.41, 5.74) is 0. The van der Waals surface area contributed by atoms with Crippen molar-refractivity contribution in [2.75, 3.05) is 32.7 Å². The summed E-state index contributed by atoms with van der Waals surface area (Å²) in [5, 5.41) is 3.55. The second-order valence-corrected chi connectivity index (χ2v) is 5.67. The third-order valence-corrected chi connectivity index (χ3v) is 3.59. The van der Waals surface area contributed by atoms with E-state index in [1.807, 2.05) is 0 Å². The van der Waals surface area contributed by atoms with Crippen molar-refractivity contribution < 1.29 is 0 Å². The van der Waals surface area contributed by atoms with Gasteiger partial charge in [0.05, 0.1) is 0 Å². The Labute approximate surface area is 102 Å². The number of nitrogens with zero attached hydrogens (tertiary/aromatic N) is 1. The number of piperidine rings is 1. The number of hydrogen-bond donors (Lipinski definition) is 1. The Morgan fingerprint density at radius 1 is 1.25 bits per heavy atom. The van der Waals surface area contributed by atoms with Gasteiger partial charge >= 0.3 is 0 Å². The van der Waals surface area contributed by atoms with E-state index in [2.05, 4.69) is 31.0 Å². The van der Waals surface area contributed by atoms with Crippen LogP contribution in [0.25, 0.3) is 0 Å². The first kappa shape index (κ1) is 14.0. The molecular formula is C14H30N2. The highest BCUT2D eigenvalue weighted by Crippen LogP contribution is 2.17. The summed E-state index contributed by atoms with van der Waals surface area (Å²) >= 11 is 0. The van der Waals surface area contributed by atoms with Gasteiger partial charge < -0.3 is 10.2 Å². The first-order valence-electron chi connectivity index (χ1n) is 7.15. The van der Waals surface area contributed by atoms with Crippen LogP contribution < -0.4 is 5.32 Å². The largest absolute Gasteiger partial charge is 0.316 e. The molecule has 0 amide bonds. The van der Waals surface area contributed by atoms with Gasteiger partial charge in [-0.2, -0.15) is 0 Å². The lowest BCUT2D eigenvalue weighted by molar-refractivity contribution is 0.175. The third kappa shape index (κ3) is 5.86. The van der Waals surface area contributed by atoms with Gasteiger partial charge in [0.15, 0.2) is 0 Å². The summed E-state index contributed by atoms with van der Waals surface area (Å²) in [6, 6.07) is 0. The molecule has 0 unspecified atom stereocenters. The quantitative estimate of drug-likeness (QED) is 0.672. The molecule has 1 heterocycles. The Bertz CT molecular complexity index is 160. The summed E-state index contributed by atoms with van der Waals surface area (Å²) in [5.74, 6) is 1.78. The predicted octanol–water partition coefficient (Wildman–Crippen LogP) is 2.74. The summed E-state index contributed by atoms with van der Waals surface area (Å²) in [6.45, 7) is 13.3. The molecule has 1 rings (SSSR count). The molecule has 1 saturated heterocycles. The lowest BCUT2D eigenvalue weighted by Gasteiger charge is -2.32. The molecule has 1 aliphatic heterocycles. The van der Waals surface area contributed by atoms with E-state index >= 15 is 0 Å². The molecule has 0 saturated carbocycles. The molecule has 2 nitrogen and oxygen atoms in total. The standard InChI is InChI=1S/C14H30N2/c1-4-8-15-12-14-6-10-16(11-7-14)9-5-13(2)3/h13-15H,4-12H2,1-3H3. The number of likely N-dealkylation sites (tertiary alicyclic amines) is 1. The fourth-order valence-corrected chi connectivity index (χ4v) is 2.34. The third-order valence-electron chi connectivity index (χ3n) is 3.59. The molecule has 0 radical (unpaired) electrons. The van der Waals surface area contributed by atoms with Gasteiger partial charge in [0.2, 0.25) is 0 Å². The molecule has 0 bridgehead atoms. The van der Waals surface area contributed by atoms with E-state index in [-0.39, 0.29) is 0 Å². The monoisotopic (exact) mass is 226 g/mol. The van der Waals surface area contributed by atoms with E-state index in [1.165, 1.54) is 58.4 Å². The van der Waals surface area contributed by atoms with Gasteiger partial charge in [-0.05, 0) is 70.2 Å². The lowest BCUT2D eigenvalue weighted by atomic mass is 9.96. The van der Waals surface area contributed by atoms with Gasteiger partial charge in [0, 0.05) is 0 Å². The molecule has 2 heteroatoms. The van der Waals surface area contributed by atoms with E-state index in [0.29, 0.717) is 0 Å². The second-order valence-electron chi connectivity index (χ2n) is 5.67. The maximum Gasteiger partial charge on any atom is -0.00156 e. The number of rotatable bonds is 7. The molecule has 0 aromatic heterocycles. The van der Waals surface area contributed by atoms with Crippen molar-refractivity contribution in [1.82, 2.24) is 10.2 Å². The molecule has 1 aliphatic rings. The molecule has 0 aliphatic carbocycles. The fraction of sp³-hybridized carbons (Fsp3) is 1.00. The number of hydrogen-bond acceptors (Lipinski definition) is 2. The van der Waals surface area contributed by atoms with E-state index in [9.17, 15) is 0 Å². The highest BCUT2D eigenvalue weighted by molar-refractivity contribution is 4.74. The van der Waals surface area contributed by atoms with Crippen LogP contribution >= 0.6 is 0 Å². The first-order chi connectivity index (χ1) is 7.72. The molecule has 1 fully saturated rings. The summed E-state index contributed by atoms with van der Waals surface area (Å²) in [6.07, 6.45) is 5.41. The minimum Gasteiger partial charge on any atom is -0.316 e. The zero-order valence-electron chi connectivity index (χ0n) is 11.5. The molecule has 0 spiro atoms. The van der Waals surface area contributed by atoms with Crippen LogP contribution in [0.3, 0.4) is 0 Å². The number of nitrogens with one attached hydrogen (secondary N) is 1. The van der Waals surface area contributed by atoms with Crippen molar-refractivity contribution in [2.24, 2.45) is 11.8 Å². The normalized spacial score (nSPS) is 19.5. The zero-order chi connectivity index (χ0) is 11.8. The molecule has 0 aromatic rings. The van der Waals surface area contributed by atoms with E-state index < -0.39 is 0 Å². The van der Waals surface area contributed by atoms with Gasteiger partial charge in [-0.15, -0.1) is 0 Å². The average molecular weight is 226 g/mol. The van der Waals surface area contributed by atoms with Crippen molar-refractivity contribution in [1.29, 1.82) is 0 Å². The van der Waals surface area contributed by atoms with Gasteiger partial charge in [0.25, 0.3) is 0 Å². The highest BCUT2D eigenvalue weighted by atomic mass is 15.1. The fourth-order valence-electron chi connectivity index (χ4n) is 2.34. The molecule has 96 valence electrons. The molecule has 0 aromatic carbocycles. The maximum atomic E-state index is 3.55. The molecule has 16 heavy (non-hydrogen) atoms. The summed E-state index contributed by atoms with van der Waals surface area (Å²) in [7, 11) is 0. The Morgan fingerprint density at radius 3 is 2.50 bits per heavy atom. The van der Waals surface area contributed by atoms with Gasteiger partial charge in [-0.25, -0.2) is 0 Å². The minimum atomic E-state index is 0.851. The van der Waals surface area contributed by atoms with Crippen LogP contribution in [-0.4, -0.2) is 37.6 Å². The van der Waals surface area contributed by atoms with Crippen molar-refractivity contribution >= 4 is 0 Å². The van der Waals surface area contributed by atoms with Crippen molar-refractivity contribution in [3.63, 3.8) is 0 Å². The van der Waals surface area contributed by atoms with Crippen molar-refractivity contribution in [3.05, 3.63) is 0 Å². The highest BCUT2D eigenvalue weighted by Gasteiger charge is 2.18. The van der Waals surface area contributed by atoms with Crippen LogP contribution in [0.4, 0.5) is 0 Å². The van der Waals surface area contributed by atoms with Crippen LogP contribution in [0.1, 0.15) is 46.5 Å². The molecule has 0 atom stereocenters. The van der Waals surface area contributed by atoms with Crippen LogP contribution in [-0.2, 0) is 0 Å². The van der Waals surface area contributed by atoms with Gasteiger partial charge in [-0.1, -0.05) is 20.8 Å². The smallest absolute Gasteiger partial charge is 0.00156 e. The lowest BCUT2D eigenvalue weighted by Crippen LogP contribution is -2.38. The van der Waals surface area contributed by atoms with E-state index in [1.54, 1.807) is 0 Å². The Morgan fingerprint density at radius 2 is 1.94 bits per heavy atom. The van der Waals surface area contributed by atoms with E-state index in [4.69, 9.17) is 0 Å². The minimum absolute atomic E-state index is 0.851. The summed E-state index contributed by atoms with van der Waals surface area (Å²) in [4.78, 5) is 2.65. The molecular weight excluding hydrogens is 196 g/mol. The SMILES string of the molecule is CCCNCC1CCN(CCC(C)C)CC1. The predicted molar refractivity (Wildman–Crippen MR) is 71.8 cm³/mol. The van der Waals surface area contributed by atoms with Gasteiger partial charge in [0.1, 0.15) is 0 Å². The second kappa shape index (κ2) is 8.08. The van der Waals surface area contributed by atoms with Crippen LogP contribution in [0.15, 0.2) is 0 Å². The van der Waals surface area contributed by atoms with Crippen molar-refractivity contribution in [3.8, 4) is 0 Å². The van der Waals surface area contributed by atoms with Crippen molar-refractivity contribution in [2.45, 2.75) is 46.5 Å². The zero-order valence-corrected chi connectivity index (χ0v) is 11.5. The Kier molecular flexibility index (Phi) is 7.06. The molecule has 1 N–H and O–H groups in total. The maximum absolute atomic E-state index is 3.55. The van der Waals surface area contributed by atoms with Crippen LogP contribution in [0.2, 0.25) is 0 Å². The summed E-state index contributed by atoms with van der Waals surface area (Å²) < 4.78 is 0. The first-order valence-corrected chi connectivity index (χ1v) is 7.15. The van der Waals surface area contributed by atoms with Crippen LogP contribution in [0, 0.1) is 11.8 Å². The topological polar surface area (TPSA) is 15.3 Å². The van der Waals surface area contributed by atoms with E-state index in [0.717, 1.165) is 11.8 Å². The van der Waals surface area contributed by atoms with Gasteiger partial charge in [-0.3, -0.25) is 0 Å². The van der Waals surface area contributed by atoms with Crippen LogP contribution in [0.5, 0.6) is 0 Å². The average Bonchev–Trinajstić information content (AvgIpc) is 2.28.